The van der Waals surface area contributed by atoms with Gasteiger partial charge in [-0.25, -0.2) is 0 Å². The first-order chi connectivity index (χ1) is 7.81. The Balaban J connectivity index is 2.10. The standard InChI is InChI=1S/C12H14N2O2/c1-16-12-9(4-2-6-11(12)15)8-10-5-3-7-13-14-10/h2-7,12-14H,8H2,1H3. The van der Waals surface area contributed by atoms with Crippen LogP contribution in [0.2, 0.25) is 0 Å². The third kappa shape index (κ3) is 2.23. The fourth-order valence-corrected chi connectivity index (χ4v) is 1.75. The van der Waals surface area contributed by atoms with E-state index in [0.29, 0.717) is 6.42 Å². The van der Waals surface area contributed by atoms with Crippen molar-refractivity contribution < 1.29 is 9.53 Å². The molecule has 1 unspecified atom stereocenters. The van der Waals surface area contributed by atoms with E-state index in [2.05, 4.69) is 10.9 Å². The molecule has 0 saturated heterocycles. The molecule has 0 aromatic rings. The molecule has 1 heterocycles. The molecule has 84 valence electrons. The zero-order chi connectivity index (χ0) is 11.4. The maximum Gasteiger partial charge on any atom is 0.188 e. The van der Waals surface area contributed by atoms with Gasteiger partial charge in [0, 0.05) is 25.4 Å². The Morgan fingerprint density at radius 1 is 1.38 bits per heavy atom. The fourth-order valence-electron chi connectivity index (χ4n) is 1.75. The number of allylic oxidation sites excluding steroid dienone is 5. The lowest BCUT2D eigenvalue weighted by atomic mass is 9.96. The van der Waals surface area contributed by atoms with Crippen molar-refractivity contribution in [3.8, 4) is 0 Å². The number of ketones is 1. The van der Waals surface area contributed by atoms with E-state index >= 15 is 0 Å². The van der Waals surface area contributed by atoms with E-state index in [-0.39, 0.29) is 5.78 Å². The van der Waals surface area contributed by atoms with Gasteiger partial charge < -0.3 is 15.6 Å². The predicted octanol–water partition coefficient (Wildman–Crippen LogP) is 0.962. The van der Waals surface area contributed by atoms with Gasteiger partial charge in [-0.1, -0.05) is 12.2 Å². The van der Waals surface area contributed by atoms with Crippen LogP contribution in [0.4, 0.5) is 0 Å². The molecule has 4 heteroatoms. The summed E-state index contributed by atoms with van der Waals surface area (Å²) in [4.78, 5) is 11.6. The highest BCUT2D eigenvalue weighted by Gasteiger charge is 2.23. The molecule has 0 amide bonds. The van der Waals surface area contributed by atoms with E-state index < -0.39 is 6.10 Å². The van der Waals surface area contributed by atoms with Gasteiger partial charge in [0.05, 0.1) is 0 Å². The summed E-state index contributed by atoms with van der Waals surface area (Å²) in [7, 11) is 1.55. The summed E-state index contributed by atoms with van der Waals surface area (Å²) < 4.78 is 5.20. The molecule has 0 saturated carbocycles. The predicted molar refractivity (Wildman–Crippen MR) is 61.1 cm³/mol. The summed E-state index contributed by atoms with van der Waals surface area (Å²) in [5, 5.41) is 0. The molecule has 1 aliphatic heterocycles. The quantitative estimate of drug-likeness (QED) is 0.741. The molecular weight excluding hydrogens is 204 g/mol. The van der Waals surface area contributed by atoms with Crippen molar-refractivity contribution in [2.45, 2.75) is 12.5 Å². The Kier molecular flexibility index (Phi) is 3.22. The molecule has 2 aliphatic rings. The second kappa shape index (κ2) is 4.81. The van der Waals surface area contributed by atoms with Crippen LogP contribution in [0.15, 0.2) is 47.9 Å². The Hall–Kier alpha value is -1.81. The summed E-state index contributed by atoms with van der Waals surface area (Å²) in [5.41, 5.74) is 7.89. The lowest BCUT2D eigenvalue weighted by molar-refractivity contribution is -0.122. The second-order valence-corrected chi connectivity index (χ2v) is 3.62. The van der Waals surface area contributed by atoms with Crippen LogP contribution >= 0.6 is 0 Å². The van der Waals surface area contributed by atoms with Gasteiger partial charge in [-0.3, -0.25) is 4.79 Å². The first-order valence-corrected chi connectivity index (χ1v) is 5.12. The highest BCUT2D eigenvalue weighted by molar-refractivity contribution is 5.97. The Bertz CT molecular complexity index is 405. The van der Waals surface area contributed by atoms with Crippen LogP contribution in [0.25, 0.3) is 0 Å². The van der Waals surface area contributed by atoms with E-state index in [1.807, 2.05) is 18.2 Å². The van der Waals surface area contributed by atoms with Crippen molar-refractivity contribution in [2.75, 3.05) is 7.11 Å². The van der Waals surface area contributed by atoms with Gasteiger partial charge in [0.1, 0.15) is 6.10 Å². The van der Waals surface area contributed by atoms with Gasteiger partial charge in [0.25, 0.3) is 0 Å². The lowest BCUT2D eigenvalue weighted by Crippen LogP contribution is -2.31. The number of rotatable bonds is 3. The molecule has 0 aromatic heterocycles. The molecule has 1 aliphatic carbocycles. The zero-order valence-corrected chi connectivity index (χ0v) is 9.07. The first kappa shape index (κ1) is 10.7. The van der Waals surface area contributed by atoms with E-state index in [9.17, 15) is 4.79 Å². The average molecular weight is 218 g/mol. The van der Waals surface area contributed by atoms with E-state index in [1.54, 1.807) is 25.5 Å². The number of hydrogen-bond donors (Lipinski definition) is 2. The number of methoxy groups -OCH3 is 1. The van der Waals surface area contributed by atoms with Crippen molar-refractivity contribution in [2.24, 2.45) is 0 Å². The van der Waals surface area contributed by atoms with Crippen LogP contribution in [0.1, 0.15) is 6.42 Å². The van der Waals surface area contributed by atoms with Crippen molar-refractivity contribution in [3.05, 3.63) is 47.9 Å². The monoisotopic (exact) mass is 218 g/mol. The topological polar surface area (TPSA) is 50.4 Å². The number of carbonyl (C=O) groups excluding carboxylic acids is 1. The summed E-state index contributed by atoms with van der Waals surface area (Å²) in [6.07, 6.45) is 11.1. The summed E-state index contributed by atoms with van der Waals surface area (Å²) in [6, 6.07) is 0. The number of ether oxygens (including phenoxy) is 1. The number of hydrazine groups is 1. The van der Waals surface area contributed by atoms with Gasteiger partial charge in [-0.05, 0) is 23.8 Å². The highest BCUT2D eigenvalue weighted by atomic mass is 16.5. The zero-order valence-electron chi connectivity index (χ0n) is 9.07. The molecule has 2 rings (SSSR count). The smallest absolute Gasteiger partial charge is 0.188 e. The Morgan fingerprint density at radius 2 is 2.25 bits per heavy atom. The molecule has 0 radical (unpaired) electrons. The Morgan fingerprint density at radius 3 is 2.94 bits per heavy atom. The summed E-state index contributed by atoms with van der Waals surface area (Å²) in [6.45, 7) is 0. The molecular formula is C12H14N2O2. The summed E-state index contributed by atoms with van der Waals surface area (Å²) >= 11 is 0. The van der Waals surface area contributed by atoms with Gasteiger partial charge in [0.15, 0.2) is 5.78 Å². The van der Waals surface area contributed by atoms with Gasteiger partial charge in [0.2, 0.25) is 0 Å². The molecule has 0 fully saturated rings. The minimum absolute atomic E-state index is 0.0000827. The van der Waals surface area contributed by atoms with Gasteiger partial charge >= 0.3 is 0 Å². The fraction of sp³-hybridized carbons (Fsp3) is 0.250. The van der Waals surface area contributed by atoms with Gasteiger partial charge in [-0.2, -0.15) is 0 Å². The maximum absolute atomic E-state index is 11.6. The Labute approximate surface area is 94.3 Å². The number of nitrogens with one attached hydrogen (secondary N) is 2. The van der Waals surface area contributed by atoms with Crippen LogP contribution in [0, 0.1) is 0 Å². The lowest BCUT2D eigenvalue weighted by Gasteiger charge is -2.21. The SMILES string of the molecule is COC1C(=O)C=CC=C1CC1=CC=CNN1. The number of hydrogen-bond acceptors (Lipinski definition) is 4. The van der Waals surface area contributed by atoms with Crippen LogP contribution < -0.4 is 10.9 Å². The van der Waals surface area contributed by atoms with Crippen LogP contribution in [0.3, 0.4) is 0 Å². The minimum atomic E-state index is -0.446. The van der Waals surface area contributed by atoms with Crippen molar-refractivity contribution in [3.63, 3.8) is 0 Å². The maximum atomic E-state index is 11.6. The van der Waals surface area contributed by atoms with E-state index in [0.717, 1.165) is 11.3 Å². The van der Waals surface area contributed by atoms with Gasteiger partial charge in [-0.15, -0.1) is 0 Å². The molecule has 0 aromatic carbocycles. The first-order valence-electron chi connectivity index (χ1n) is 5.12. The van der Waals surface area contributed by atoms with E-state index in [4.69, 9.17) is 4.74 Å². The molecule has 16 heavy (non-hydrogen) atoms. The molecule has 0 spiro atoms. The van der Waals surface area contributed by atoms with Crippen molar-refractivity contribution in [1.82, 2.24) is 10.9 Å². The molecule has 4 nitrogen and oxygen atoms in total. The number of carbonyl (C=O) groups is 1. The second-order valence-electron chi connectivity index (χ2n) is 3.62. The van der Waals surface area contributed by atoms with Crippen LogP contribution in [0.5, 0.6) is 0 Å². The minimum Gasteiger partial charge on any atom is -0.369 e. The van der Waals surface area contributed by atoms with E-state index in [1.165, 1.54) is 0 Å². The molecule has 0 bridgehead atoms. The average Bonchev–Trinajstić information content (AvgIpc) is 2.31. The van der Waals surface area contributed by atoms with Crippen LogP contribution in [-0.2, 0) is 9.53 Å². The van der Waals surface area contributed by atoms with Crippen molar-refractivity contribution >= 4 is 5.78 Å². The van der Waals surface area contributed by atoms with Crippen molar-refractivity contribution in [1.29, 1.82) is 0 Å². The normalized spacial score (nSPS) is 23.3. The molecule has 2 N–H and O–H groups in total. The third-order valence-corrected chi connectivity index (χ3v) is 2.51. The third-order valence-electron chi connectivity index (χ3n) is 2.51. The largest absolute Gasteiger partial charge is 0.369 e. The highest BCUT2D eigenvalue weighted by Crippen LogP contribution is 2.20. The summed E-state index contributed by atoms with van der Waals surface area (Å²) in [5.74, 6) is -0.0000827. The molecule has 1 atom stereocenters. The van der Waals surface area contributed by atoms with Crippen LogP contribution in [-0.4, -0.2) is 19.0 Å².